The third kappa shape index (κ3) is 8.40. The Morgan fingerprint density at radius 3 is 1.59 bits per heavy atom. The van der Waals surface area contributed by atoms with E-state index in [2.05, 4.69) is 0 Å². The van der Waals surface area contributed by atoms with Gasteiger partial charge in [-0.3, -0.25) is 0 Å². The van der Waals surface area contributed by atoms with Crippen molar-refractivity contribution in [3.8, 4) is 46.3 Å². The fraction of sp³-hybridized carbons (Fsp3) is 0.125. The summed E-state index contributed by atoms with van der Waals surface area (Å²) in [5.41, 5.74) is 1.02. The molecule has 0 bridgehead atoms. The zero-order valence-electron chi connectivity index (χ0n) is 24.0. The van der Waals surface area contributed by atoms with Crippen molar-refractivity contribution < 1.29 is 53.0 Å². The molecule has 3 aromatic rings. The van der Waals surface area contributed by atoms with Crippen LogP contribution in [0.5, 0.6) is 40.2 Å². The molecular weight excluding hydrogens is 574 g/mol. The number of phenols is 1. The third-order valence-electron chi connectivity index (χ3n) is 5.74. The van der Waals surface area contributed by atoms with Crippen LogP contribution < -0.4 is 28.4 Å². The molecule has 12 nitrogen and oxygen atoms in total. The van der Waals surface area contributed by atoms with Gasteiger partial charge in [-0.2, -0.15) is 5.26 Å². The molecule has 0 saturated heterocycles. The molecule has 0 amide bonds. The molecule has 0 radical (unpaired) electrons. The van der Waals surface area contributed by atoms with Crippen LogP contribution in [0.4, 0.5) is 0 Å². The third-order valence-corrected chi connectivity index (χ3v) is 5.74. The predicted molar refractivity (Wildman–Crippen MR) is 158 cm³/mol. The summed E-state index contributed by atoms with van der Waals surface area (Å²) >= 11 is 0. The van der Waals surface area contributed by atoms with Gasteiger partial charge in [0, 0.05) is 12.2 Å². The van der Waals surface area contributed by atoms with Crippen LogP contribution in [0.15, 0.2) is 66.3 Å². The average Bonchev–Trinajstić information content (AvgIpc) is 3.02. The summed E-state index contributed by atoms with van der Waals surface area (Å²) < 4.78 is 32.2. The lowest BCUT2D eigenvalue weighted by Crippen LogP contribution is -2.12. The van der Waals surface area contributed by atoms with E-state index in [9.17, 15) is 24.8 Å². The lowest BCUT2D eigenvalue weighted by atomic mass is 10.1. The number of carbonyl (C=O) groups excluding carboxylic acids is 2. The summed E-state index contributed by atoms with van der Waals surface area (Å²) in [6, 6.07) is 13.5. The standard InChI is InChI=1S/C32H27NO11/c1-39-24-14-20(7-11-28(35)36)15-25(40-2)30(24)43-29(37)12-8-21-16-26(41-3)31(27(17-21)42-4)44-32(38)22(18-33)13-19-5-9-23(34)10-6-19/h5-17,34H,1-4H3,(H,35,36). The second-order valence-electron chi connectivity index (χ2n) is 8.59. The van der Waals surface area contributed by atoms with E-state index < -0.39 is 17.9 Å². The number of carboxylic acids is 1. The van der Waals surface area contributed by atoms with Gasteiger partial charge in [0.05, 0.1) is 28.4 Å². The topological polar surface area (TPSA) is 171 Å². The predicted octanol–water partition coefficient (Wildman–Crippen LogP) is 4.66. The molecule has 226 valence electrons. The molecule has 0 aliphatic heterocycles. The number of hydrogen-bond acceptors (Lipinski definition) is 11. The highest BCUT2D eigenvalue weighted by Gasteiger charge is 2.21. The van der Waals surface area contributed by atoms with Gasteiger partial charge < -0.3 is 38.6 Å². The molecule has 44 heavy (non-hydrogen) atoms. The Morgan fingerprint density at radius 2 is 1.16 bits per heavy atom. The second-order valence-corrected chi connectivity index (χ2v) is 8.59. The maximum atomic E-state index is 12.8. The van der Waals surface area contributed by atoms with Crippen LogP contribution in [-0.2, 0) is 14.4 Å². The number of esters is 2. The number of nitrogens with zero attached hydrogens (tertiary/aromatic N) is 1. The van der Waals surface area contributed by atoms with Gasteiger partial charge in [0.2, 0.25) is 11.5 Å². The van der Waals surface area contributed by atoms with Crippen LogP contribution >= 0.6 is 0 Å². The number of benzene rings is 3. The first-order valence-corrected chi connectivity index (χ1v) is 12.6. The fourth-order valence-electron chi connectivity index (χ4n) is 3.68. The molecule has 0 fully saturated rings. The van der Waals surface area contributed by atoms with Crippen LogP contribution in [0.3, 0.4) is 0 Å². The van der Waals surface area contributed by atoms with Gasteiger partial charge in [0.1, 0.15) is 17.4 Å². The van der Waals surface area contributed by atoms with Crippen LogP contribution in [0.2, 0.25) is 0 Å². The molecule has 0 unspecified atom stereocenters. The van der Waals surface area contributed by atoms with Crippen LogP contribution in [0.1, 0.15) is 16.7 Å². The minimum atomic E-state index is -1.14. The van der Waals surface area contributed by atoms with Crippen LogP contribution in [0, 0.1) is 11.3 Å². The number of hydrogen-bond donors (Lipinski definition) is 2. The zero-order chi connectivity index (χ0) is 32.2. The minimum absolute atomic E-state index is 0.0248. The lowest BCUT2D eigenvalue weighted by Gasteiger charge is -2.14. The Labute approximate surface area is 252 Å². The molecular formula is C32H27NO11. The first kappa shape index (κ1) is 32.3. The molecule has 0 heterocycles. The summed E-state index contributed by atoms with van der Waals surface area (Å²) in [6.45, 7) is 0. The Hall–Kier alpha value is -6.22. The first-order chi connectivity index (χ1) is 21.1. The van der Waals surface area contributed by atoms with E-state index >= 15 is 0 Å². The van der Waals surface area contributed by atoms with Crippen molar-refractivity contribution in [2.24, 2.45) is 0 Å². The fourth-order valence-corrected chi connectivity index (χ4v) is 3.68. The maximum Gasteiger partial charge on any atom is 0.354 e. The molecule has 3 rings (SSSR count). The van der Waals surface area contributed by atoms with Crippen molar-refractivity contribution in [2.45, 2.75) is 0 Å². The van der Waals surface area contributed by atoms with Crippen molar-refractivity contribution >= 4 is 36.1 Å². The number of ether oxygens (including phenoxy) is 6. The Morgan fingerprint density at radius 1 is 0.705 bits per heavy atom. The highest BCUT2D eigenvalue weighted by atomic mass is 16.6. The molecule has 3 aromatic carbocycles. The average molecular weight is 602 g/mol. The van der Waals surface area contributed by atoms with Gasteiger partial charge in [-0.05, 0) is 71.3 Å². The summed E-state index contributed by atoms with van der Waals surface area (Å²) in [6.07, 6.45) is 6.08. The van der Waals surface area contributed by atoms with E-state index in [0.29, 0.717) is 16.7 Å². The summed E-state index contributed by atoms with van der Waals surface area (Å²) in [5, 5.41) is 27.8. The zero-order valence-corrected chi connectivity index (χ0v) is 24.0. The number of aromatic hydroxyl groups is 1. The van der Waals surface area contributed by atoms with Gasteiger partial charge in [-0.1, -0.05) is 12.1 Å². The van der Waals surface area contributed by atoms with Gasteiger partial charge in [0.25, 0.3) is 0 Å². The number of phenolic OH excluding ortho intramolecular Hbond substituents is 1. The van der Waals surface area contributed by atoms with Gasteiger partial charge >= 0.3 is 17.9 Å². The van der Waals surface area contributed by atoms with Crippen molar-refractivity contribution in [3.05, 3.63) is 82.9 Å². The van der Waals surface area contributed by atoms with Gasteiger partial charge in [-0.15, -0.1) is 0 Å². The number of aliphatic carboxylic acids is 1. The molecule has 0 saturated carbocycles. The van der Waals surface area contributed by atoms with Gasteiger partial charge in [0.15, 0.2) is 23.0 Å². The first-order valence-electron chi connectivity index (χ1n) is 12.6. The SMILES string of the molecule is COc1cc(C=CC(=O)O)cc(OC)c1OC(=O)C=Cc1cc(OC)c(OC(=O)C(C#N)=Cc2ccc(O)cc2)c(OC)c1. The normalized spacial score (nSPS) is 11.1. The van der Waals surface area contributed by atoms with Gasteiger partial charge in [-0.25, -0.2) is 14.4 Å². The summed E-state index contributed by atoms with van der Waals surface area (Å²) in [7, 11) is 5.36. The summed E-state index contributed by atoms with van der Waals surface area (Å²) in [5.74, 6) is -2.62. The van der Waals surface area contributed by atoms with E-state index in [1.165, 1.54) is 95.2 Å². The molecule has 0 aliphatic rings. The highest BCUT2D eigenvalue weighted by molar-refractivity contribution is 5.99. The molecule has 2 N–H and O–H groups in total. The second kappa shape index (κ2) is 15.1. The number of carbonyl (C=O) groups is 3. The Kier molecular flexibility index (Phi) is 11.1. The monoisotopic (exact) mass is 601 g/mol. The maximum absolute atomic E-state index is 12.8. The van der Waals surface area contributed by atoms with E-state index in [-0.39, 0.29) is 45.8 Å². The molecule has 0 aliphatic carbocycles. The van der Waals surface area contributed by atoms with Crippen molar-refractivity contribution in [2.75, 3.05) is 28.4 Å². The molecule has 12 heteroatoms. The number of rotatable bonds is 12. The van der Waals surface area contributed by atoms with Crippen molar-refractivity contribution in [3.63, 3.8) is 0 Å². The van der Waals surface area contributed by atoms with E-state index in [0.717, 1.165) is 12.2 Å². The Balaban J connectivity index is 1.85. The van der Waals surface area contributed by atoms with Crippen LogP contribution in [-0.4, -0.2) is 56.6 Å². The minimum Gasteiger partial charge on any atom is -0.508 e. The summed E-state index contributed by atoms with van der Waals surface area (Å²) in [4.78, 5) is 36.4. The number of carboxylic acid groups (broad SMARTS) is 1. The Bertz CT molecular complexity index is 1630. The lowest BCUT2D eigenvalue weighted by molar-refractivity contribution is -0.131. The number of methoxy groups -OCH3 is 4. The number of nitriles is 1. The highest BCUT2D eigenvalue weighted by Crippen LogP contribution is 2.41. The van der Waals surface area contributed by atoms with Crippen molar-refractivity contribution in [1.82, 2.24) is 0 Å². The smallest absolute Gasteiger partial charge is 0.354 e. The van der Waals surface area contributed by atoms with Crippen molar-refractivity contribution in [1.29, 1.82) is 5.26 Å². The van der Waals surface area contributed by atoms with E-state index in [1.807, 2.05) is 0 Å². The van der Waals surface area contributed by atoms with E-state index in [1.54, 1.807) is 6.07 Å². The quantitative estimate of drug-likeness (QED) is 0.128. The molecule has 0 aromatic heterocycles. The molecule has 0 atom stereocenters. The largest absolute Gasteiger partial charge is 0.508 e. The molecule has 0 spiro atoms. The van der Waals surface area contributed by atoms with E-state index in [4.69, 9.17) is 33.5 Å². The van der Waals surface area contributed by atoms with Crippen LogP contribution in [0.25, 0.3) is 18.2 Å².